The Hall–Kier alpha value is -1.66. The number of hydrogen-bond acceptors (Lipinski definition) is 2. The van der Waals surface area contributed by atoms with Crippen LogP contribution in [0.2, 0.25) is 0 Å². The summed E-state index contributed by atoms with van der Waals surface area (Å²) >= 11 is 0. The summed E-state index contributed by atoms with van der Waals surface area (Å²) in [5.74, 6) is -5.32. The van der Waals surface area contributed by atoms with Crippen LogP contribution in [-0.4, -0.2) is 16.1 Å². The monoisotopic (exact) mass is 209 g/mol. The second-order valence-corrected chi connectivity index (χ2v) is 2.29. The maximum absolute atomic E-state index is 12.7. The summed E-state index contributed by atoms with van der Waals surface area (Å²) in [5.41, 5.74) is -2.71. The standard InChI is InChI=1S/C7H3F4NO2/c8-2-1-12-5(7(13)14)3(4(2)9)6(10)11/h1,6H,(H,13,14). The topological polar surface area (TPSA) is 50.2 Å². The molecule has 0 saturated carbocycles. The molecule has 1 rings (SSSR count). The van der Waals surface area contributed by atoms with Crippen molar-refractivity contribution >= 4 is 5.97 Å². The van der Waals surface area contributed by atoms with Crippen molar-refractivity contribution in [2.24, 2.45) is 0 Å². The Kier molecular flexibility index (Phi) is 2.68. The van der Waals surface area contributed by atoms with Gasteiger partial charge in [-0.3, -0.25) is 0 Å². The Bertz CT molecular complexity index is 380. The number of aromatic nitrogens is 1. The number of carboxylic acids is 1. The van der Waals surface area contributed by atoms with Crippen LogP contribution in [0.4, 0.5) is 17.6 Å². The van der Waals surface area contributed by atoms with Gasteiger partial charge in [-0.2, -0.15) is 0 Å². The zero-order chi connectivity index (χ0) is 10.9. The van der Waals surface area contributed by atoms with Crippen molar-refractivity contribution in [3.63, 3.8) is 0 Å². The van der Waals surface area contributed by atoms with Gasteiger partial charge in [0, 0.05) is 0 Å². The molecule has 0 saturated heterocycles. The van der Waals surface area contributed by atoms with Crippen LogP contribution in [0.25, 0.3) is 0 Å². The molecule has 7 heteroatoms. The molecule has 0 bridgehead atoms. The third-order valence-electron chi connectivity index (χ3n) is 1.43. The van der Waals surface area contributed by atoms with Crippen LogP contribution >= 0.6 is 0 Å². The number of alkyl halides is 2. The van der Waals surface area contributed by atoms with Crippen LogP contribution in [0.5, 0.6) is 0 Å². The molecule has 0 aliphatic carbocycles. The maximum Gasteiger partial charge on any atom is 0.355 e. The lowest BCUT2D eigenvalue weighted by Crippen LogP contribution is -2.10. The van der Waals surface area contributed by atoms with Gasteiger partial charge < -0.3 is 5.11 Å². The van der Waals surface area contributed by atoms with E-state index in [2.05, 4.69) is 4.98 Å². The molecule has 1 N–H and O–H groups in total. The van der Waals surface area contributed by atoms with Crippen molar-refractivity contribution in [3.8, 4) is 0 Å². The predicted molar refractivity (Wildman–Crippen MR) is 36.1 cm³/mol. The number of nitrogens with zero attached hydrogens (tertiary/aromatic N) is 1. The lowest BCUT2D eigenvalue weighted by molar-refractivity contribution is 0.0673. The first-order chi connectivity index (χ1) is 6.45. The highest BCUT2D eigenvalue weighted by Crippen LogP contribution is 2.25. The normalized spacial score (nSPS) is 10.6. The molecule has 0 aliphatic heterocycles. The average molecular weight is 209 g/mol. The molecule has 0 unspecified atom stereocenters. The van der Waals surface area contributed by atoms with Gasteiger partial charge in [0.1, 0.15) is 0 Å². The van der Waals surface area contributed by atoms with E-state index in [-0.39, 0.29) is 6.20 Å². The van der Waals surface area contributed by atoms with Crippen molar-refractivity contribution in [1.82, 2.24) is 4.98 Å². The summed E-state index contributed by atoms with van der Waals surface area (Å²) in [7, 11) is 0. The molecule has 76 valence electrons. The van der Waals surface area contributed by atoms with Gasteiger partial charge in [-0.25, -0.2) is 27.3 Å². The largest absolute Gasteiger partial charge is 0.476 e. The lowest BCUT2D eigenvalue weighted by atomic mass is 10.2. The van der Waals surface area contributed by atoms with Gasteiger partial charge in [-0.1, -0.05) is 0 Å². The quantitative estimate of drug-likeness (QED) is 0.757. The van der Waals surface area contributed by atoms with Crippen LogP contribution in [0, 0.1) is 11.6 Å². The number of carboxylic acid groups (broad SMARTS) is 1. The molecular formula is C7H3F4NO2. The zero-order valence-electron chi connectivity index (χ0n) is 6.47. The van der Waals surface area contributed by atoms with Crippen LogP contribution < -0.4 is 0 Å². The Balaban J connectivity index is 3.45. The number of pyridine rings is 1. The molecule has 14 heavy (non-hydrogen) atoms. The Morgan fingerprint density at radius 1 is 1.43 bits per heavy atom. The summed E-state index contributed by atoms with van der Waals surface area (Å²) in [6, 6.07) is 0. The summed E-state index contributed by atoms with van der Waals surface area (Å²) in [4.78, 5) is 13.2. The van der Waals surface area contributed by atoms with E-state index in [0.29, 0.717) is 0 Å². The highest BCUT2D eigenvalue weighted by molar-refractivity contribution is 5.87. The number of aromatic carboxylic acids is 1. The van der Waals surface area contributed by atoms with E-state index >= 15 is 0 Å². The molecule has 0 aliphatic rings. The molecule has 1 aromatic rings. The first-order valence-corrected chi connectivity index (χ1v) is 3.30. The number of carbonyl (C=O) groups is 1. The second kappa shape index (κ2) is 3.60. The zero-order valence-corrected chi connectivity index (χ0v) is 6.47. The summed E-state index contributed by atoms with van der Waals surface area (Å²) in [6.07, 6.45) is -3.19. The van der Waals surface area contributed by atoms with Gasteiger partial charge in [0.15, 0.2) is 17.3 Å². The van der Waals surface area contributed by atoms with Crippen molar-refractivity contribution < 1.29 is 27.5 Å². The molecule has 3 nitrogen and oxygen atoms in total. The van der Waals surface area contributed by atoms with Gasteiger partial charge in [-0.05, 0) is 0 Å². The van der Waals surface area contributed by atoms with Gasteiger partial charge in [-0.15, -0.1) is 0 Å². The Morgan fingerprint density at radius 2 is 2.00 bits per heavy atom. The lowest BCUT2D eigenvalue weighted by Gasteiger charge is -2.05. The molecule has 0 spiro atoms. The maximum atomic E-state index is 12.7. The SMILES string of the molecule is O=C(O)c1ncc(F)c(F)c1C(F)F. The average Bonchev–Trinajstić information content (AvgIpc) is 2.08. The molecular weight excluding hydrogens is 206 g/mol. The van der Waals surface area contributed by atoms with Crippen LogP contribution in [-0.2, 0) is 0 Å². The summed E-state index contributed by atoms with van der Waals surface area (Å²) < 4.78 is 49.4. The van der Waals surface area contributed by atoms with E-state index in [1.165, 1.54) is 0 Å². The van der Waals surface area contributed by atoms with Crippen LogP contribution in [0.1, 0.15) is 22.5 Å². The van der Waals surface area contributed by atoms with Gasteiger partial charge in [0.2, 0.25) is 0 Å². The Labute approximate surface area is 75.0 Å². The minimum Gasteiger partial charge on any atom is -0.476 e. The molecule has 0 fully saturated rings. The Morgan fingerprint density at radius 3 is 2.43 bits per heavy atom. The van der Waals surface area contributed by atoms with Gasteiger partial charge in [0.05, 0.1) is 11.8 Å². The van der Waals surface area contributed by atoms with Gasteiger partial charge in [0.25, 0.3) is 6.43 Å². The fourth-order valence-electron chi connectivity index (χ4n) is 0.850. The van der Waals surface area contributed by atoms with E-state index in [4.69, 9.17) is 5.11 Å². The number of halogens is 4. The van der Waals surface area contributed by atoms with E-state index in [1.807, 2.05) is 0 Å². The van der Waals surface area contributed by atoms with E-state index in [9.17, 15) is 22.4 Å². The highest BCUT2D eigenvalue weighted by Gasteiger charge is 2.26. The van der Waals surface area contributed by atoms with Crippen LogP contribution in [0.15, 0.2) is 6.20 Å². The molecule has 1 aromatic heterocycles. The second-order valence-electron chi connectivity index (χ2n) is 2.29. The fraction of sp³-hybridized carbons (Fsp3) is 0.143. The molecule has 0 aromatic carbocycles. The minimum absolute atomic E-state index is 0.241. The molecule has 0 amide bonds. The molecule has 0 atom stereocenters. The summed E-state index contributed by atoms with van der Waals surface area (Å²) in [5, 5.41) is 8.34. The first-order valence-electron chi connectivity index (χ1n) is 3.30. The first kappa shape index (κ1) is 10.4. The number of hydrogen-bond donors (Lipinski definition) is 1. The highest BCUT2D eigenvalue weighted by atomic mass is 19.3. The summed E-state index contributed by atoms with van der Waals surface area (Å²) in [6.45, 7) is 0. The van der Waals surface area contributed by atoms with E-state index in [0.717, 1.165) is 0 Å². The third-order valence-corrected chi connectivity index (χ3v) is 1.43. The van der Waals surface area contributed by atoms with Crippen LogP contribution in [0.3, 0.4) is 0 Å². The van der Waals surface area contributed by atoms with Crippen molar-refractivity contribution in [3.05, 3.63) is 29.1 Å². The smallest absolute Gasteiger partial charge is 0.355 e. The van der Waals surface area contributed by atoms with E-state index < -0.39 is 35.3 Å². The molecule has 1 heterocycles. The third kappa shape index (κ3) is 1.66. The number of rotatable bonds is 2. The fourth-order valence-corrected chi connectivity index (χ4v) is 0.850. The van der Waals surface area contributed by atoms with E-state index in [1.54, 1.807) is 0 Å². The minimum atomic E-state index is -3.43. The predicted octanol–water partition coefficient (Wildman–Crippen LogP) is 2.00. The van der Waals surface area contributed by atoms with Crippen molar-refractivity contribution in [2.75, 3.05) is 0 Å². The van der Waals surface area contributed by atoms with Crippen molar-refractivity contribution in [2.45, 2.75) is 6.43 Å². The van der Waals surface area contributed by atoms with Crippen molar-refractivity contribution in [1.29, 1.82) is 0 Å². The van der Waals surface area contributed by atoms with Gasteiger partial charge >= 0.3 is 5.97 Å². The molecule has 0 radical (unpaired) electrons.